The Balaban J connectivity index is 2.03. The molecule has 0 saturated heterocycles. The minimum absolute atomic E-state index is 0.372. The van der Waals surface area contributed by atoms with Crippen LogP contribution in [0.3, 0.4) is 0 Å². The summed E-state index contributed by atoms with van der Waals surface area (Å²) in [6.45, 7) is 11.7. The van der Waals surface area contributed by atoms with Crippen molar-refractivity contribution in [1.29, 1.82) is 0 Å². The number of hydrogen-bond acceptors (Lipinski definition) is 0. The van der Waals surface area contributed by atoms with E-state index in [0.717, 1.165) is 0 Å². The van der Waals surface area contributed by atoms with Gasteiger partial charge in [-0.25, -0.2) is 0 Å². The third-order valence-electron chi connectivity index (χ3n) is 5.84. The average Bonchev–Trinajstić information content (AvgIpc) is 3.08. The van der Waals surface area contributed by atoms with Gasteiger partial charge in [0.05, 0.1) is 8.80 Å². The van der Waals surface area contributed by atoms with Crippen LogP contribution in [-0.2, 0) is 12.8 Å². The first-order valence-electron chi connectivity index (χ1n) is 9.22. The SMILES string of the molecule is CC1=Cc2c(cc3c(c2-c2ccc(C)cc2C)CCC3)C1[Si](C)C. The molecule has 1 radical (unpaired) electrons. The monoisotopic (exact) mass is 331 g/mol. The maximum absolute atomic E-state index is 2.57. The van der Waals surface area contributed by atoms with E-state index in [4.69, 9.17) is 0 Å². The molecule has 0 bridgehead atoms. The van der Waals surface area contributed by atoms with Crippen molar-refractivity contribution in [3.8, 4) is 11.1 Å². The smallest absolute Gasteiger partial charge is 0.0551 e. The Morgan fingerprint density at radius 2 is 1.79 bits per heavy atom. The minimum atomic E-state index is -0.372. The van der Waals surface area contributed by atoms with Crippen LogP contribution >= 0.6 is 0 Å². The first-order valence-corrected chi connectivity index (χ1v) is 11.8. The molecule has 2 aliphatic carbocycles. The van der Waals surface area contributed by atoms with Gasteiger partial charge in [-0.05, 0) is 84.5 Å². The molecule has 2 aromatic carbocycles. The molecule has 0 spiro atoms. The normalized spacial score (nSPS) is 18.8. The fourth-order valence-electron chi connectivity index (χ4n) is 4.90. The highest BCUT2D eigenvalue weighted by atomic mass is 28.3. The van der Waals surface area contributed by atoms with Gasteiger partial charge in [0.1, 0.15) is 0 Å². The fourth-order valence-corrected chi connectivity index (χ4v) is 6.76. The van der Waals surface area contributed by atoms with Gasteiger partial charge in [0, 0.05) is 0 Å². The van der Waals surface area contributed by atoms with Gasteiger partial charge >= 0.3 is 0 Å². The van der Waals surface area contributed by atoms with Crippen molar-refractivity contribution in [2.24, 2.45) is 0 Å². The molecule has 2 aliphatic rings. The quantitative estimate of drug-likeness (QED) is 0.570. The van der Waals surface area contributed by atoms with Gasteiger partial charge in [-0.1, -0.05) is 54.6 Å². The zero-order valence-electron chi connectivity index (χ0n) is 15.6. The molecule has 0 fully saturated rings. The van der Waals surface area contributed by atoms with Gasteiger partial charge in [-0.2, -0.15) is 0 Å². The molecule has 123 valence electrons. The molecule has 1 heteroatoms. The number of rotatable bonds is 2. The first-order chi connectivity index (χ1) is 11.5. The van der Waals surface area contributed by atoms with Gasteiger partial charge in [-0.3, -0.25) is 0 Å². The highest BCUT2D eigenvalue weighted by Crippen LogP contribution is 2.47. The molecule has 0 saturated carbocycles. The largest absolute Gasteiger partial charge is 0.0705 e. The van der Waals surface area contributed by atoms with Gasteiger partial charge < -0.3 is 0 Å². The lowest BCUT2D eigenvalue weighted by molar-refractivity contribution is 0.911. The van der Waals surface area contributed by atoms with E-state index in [0.29, 0.717) is 5.54 Å². The third-order valence-corrected chi connectivity index (χ3v) is 7.76. The molecule has 0 aliphatic heterocycles. The molecule has 1 atom stereocenters. The van der Waals surface area contributed by atoms with Gasteiger partial charge in [0.15, 0.2) is 0 Å². The van der Waals surface area contributed by atoms with Crippen LogP contribution in [0.4, 0.5) is 0 Å². The Morgan fingerprint density at radius 1 is 1.00 bits per heavy atom. The molecular weight excluding hydrogens is 304 g/mol. The van der Waals surface area contributed by atoms with Crippen molar-refractivity contribution in [2.75, 3.05) is 0 Å². The first kappa shape index (κ1) is 15.9. The van der Waals surface area contributed by atoms with Crippen molar-refractivity contribution >= 4 is 14.9 Å². The lowest BCUT2D eigenvalue weighted by Crippen LogP contribution is -2.15. The number of benzene rings is 2. The molecule has 0 N–H and O–H groups in total. The van der Waals surface area contributed by atoms with E-state index in [1.807, 2.05) is 0 Å². The van der Waals surface area contributed by atoms with Crippen LogP contribution in [-0.4, -0.2) is 8.80 Å². The average molecular weight is 332 g/mol. The molecule has 0 heterocycles. The van der Waals surface area contributed by atoms with Crippen molar-refractivity contribution in [2.45, 2.75) is 58.7 Å². The summed E-state index contributed by atoms with van der Waals surface area (Å²) < 4.78 is 0. The van der Waals surface area contributed by atoms with Crippen molar-refractivity contribution < 1.29 is 0 Å². The molecule has 0 nitrogen and oxygen atoms in total. The van der Waals surface area contributed by atoms with Crippen LogP contribution < -0.4 is 0 Å². The summed E-state index contributed by atoms with van der Waals surface area (Å²) in [4.78, 5) is 0. The predicted octanol–water partition coefficient (Wildman–Crippen LogP) is 6.25. The van der Waals surface area contributed by atoms with Crippen molar-refractivity contribution in [3.63, 3.8) is 0 Å². The van der Waals surface area contributed by atoms with Gasteiger partial charge in [0.25, 0.3) is 0 Å². The summed E-state index contributed by atoms with van der Waals surface area (Å²) in [6.07, 6.45) is 6.34. The fraction of sp³-hybridized carbons (Fsp3) is 0.391. The molecule has 0 amide bonds. The number of fused-ring (bicyclic) bond motifs is 2. The van der Waals surface area contributed by atoms with E-state index in [9.17, 15) is 0 Å². The van der Waals surface area contributed by atoms with Crippen LogP contribution in [0.25, 0.3) is 17.2 Å². The van der Waals surface area contributed by atoms with E-state index in [1.165, 1.54) is 41.5 Å². The van der Waals surface area contributed by atoms with Crippen LogP contribution in [0.2, 0.25) is 13.1 Å². The Morgan fingerprint density at radius 3 is 2.50 bits per heavy atom. The van der Waals surface area contributed by atoms with E-state index < -0.39 is 0 Å². The van der Waals surface area contributed by atoms with Crippen LogP contribution in [0.15, 0.2) is 29.8 Å². The standard InChI is InChI=1S/C23H27Si/c1-14-9-10-18(15(2)11-14)22-19-8-6-7-17(19)13-21-20(22)12-16(3)23(21)24(4)5/h9-13,23H,6-8H2,1-5H3. The summed E-state index contributed by atoms with van der Waals surface area (Å²) in [7, 11) is -0.372. The zero-order valence-corrected chi connectivity index (χ0v) is 16.6. The van der Waals surface area contributed by atoms with Crippen LogP contribution in [0.5, 0.6) is 0 Å². The van der Waals surface area contributed by atoms with Crippen molar-refractivity contribution in [3.05, 3.63) is 63.2 Å². The van der Waals surface area contributed by atoms with E-state index in [1.54, 1.807) is 27.8 Å². The molecule has 1 unspecified atom stereocenters. The lowest BCUT2D eigenvalue weighted by atomic mass is 9.87. The maximum Gasteiger partial charge on any atom is 0.0551 e. The van der Waals surface area contributed by atoms with Gasteiger partial charge in [0.2, 0.25) is 0 Å². The summed E-state index contributed by atoms with van der Waals surface area (Å²) in [5, 5.41) is 0. The second kappa shape index (κ2) is 5.74. The second-order valence-electron chi connectivity index (χ2n) is 7.96. The highest BCUT2D eigenvalue weighted by molar-refractivity contribution is 6.58. The number of aryl methyl sites for hydroxylation is 3. The minimum Gasteiger partial charge on any atom is -0.0705 e. The topological polar surface area (TPSA) is 0 Å². The molecule has 0 aromatic heterocycles. The van der Waals surface area contributed by atoms with E-state index in [2.05, 4.69) is 64.2 Å². The maximum atomic E-state index is 2.57. The summed E-state index contributed by atoms with van der Waals surface area (Å²) in [5.74, 6) is 0. The van der Waals surface area contributed by atoms with Crippen LogP contribution in [0, 0.1) is 13.8 Å². The number of hydrogen-bond donors (Lipinski definition) is 0. The highest BCUT2D eigenvalue weighted by Gasteiger charge is 2.31. The third kappa shape index (κ3) is 2.33. The summed E-state index contributed by atoms with van der Waals surface area (Å²) in [5.41, 5.74) is 14.5. The number of allylic oxidation sites excluding steroid dienone is 1. The Kier molecular flexibility index (Phi) is 3.80. The van der Waals surface area contributed by atoms with Crippen molar-refractivity contribution in [1.82, 2.24) is 0 Å². The zero-order chi connectivity index (χ0) is 17.0. The Bertz CT molecular complexity index is 855. The Hall–Kier alpha value is -1.60. The van der Waals surface area contributed by atoms with E-state index >= 15 is 0 Å². The molecule has 24 heavy (non-hydrogen) atoms. The molecule has 2 aromatic rings. The lowest BCUT2D eigenvalue weighted by Gasteiger charge is -2.21. The van der Waals surface area contributed by atoms with Gasteiger partial charge in [-0.15, -0.1) is 0 Å². The second-order valence-corrected chi connectivity index (χ2v) is 10.7. The predicted molar refractivity (Wildman–Crippen MR) is 107 cm³/mol. The van der Waals surface area contributed by atoms with Crippen LogP contribution in [0.1, 0.15) is 52.3 Å². The summed E-state index contributed by atoms with van der Waals surface area (Å²) >= 11 is 0. The summed E-state index contributed by atoms with van der Waals surface area (Å²) in [6, 6.07) is 9.55. The Labute approximate surface area is 148 Å². The molecule has 4 rings (SSSR count). The van der Waals surface area contributed by atoms with E-state index in [-0.39, 0.29) is 8.80 Å². The molecular formula is C23H27Si.